The van der Waals surface area contributed by atoms with Crippen LogP contribution in [0.1, 0.15) is 187 Å². The molecule has 1 amide bonds. The first-order valence-electron chi connectivity index (χ1n) is 22.6. The van der Waals surface area contributed by atoms with Crippen LogP contribution in [-0.2, 0) is 4.79 Å². The van der Waals surface area contributed by atoms with E-state index in [9.17, 15) is 15.0 Å². The fourth-order valence-corrected chi connectivity index (χ4v) is 6.03. The second-order valence-corrected chi connectivity index (χ2v) is 14.7. The van der Waals surface area contributed by atoms with Crippen molar-refractivity contribution in [1.82, 2.24) is 5.32 Å². The second kappa shape index (κ2) is 45.4. The maximum Gasteiger partial charge on any atom is 0.220 e. The summed E-state index contributed by atoms with van der Waals surface area (Å²) in [5.41, 5.74) is 0. The molecule has 0 aliphatic carbocycles. The molecular weight excluding hydrogens is 675 g/mol. The maximum atomic E-state index is 12.4. The van der Waals surface area contributed by atoms with Gasteiger partial charge in [-0.25, -0.2) is 0 Å². The Bertz CT molecular complexity index is 1090. The fraction of sp³-hybridized carbons (Fsp3) is 0.627. The third kappa shape index (κ3) is 42.0. The zero-order chi connectivity index (χ0) is 40.0. The summed E-state index contributed by atoms with van der Waals surface area (Å²) in [5, 5.41) is 23.0. The number of nitrogens with one attached hydrogen (secondary N) is 1. The van der Waals surface area contributed by atoms with Crippen molar-refractivity contribution in [1.29, 1.82) is 0 Å². The van der Waals surface area contributed by atoms with Gasteiger partial charge < -0.3 is 15.5 Å². The van der Waals surface area contributed by atoms with E-state index in [0.29, 0.717) is 6.42 Å². The van der Waals surface area contributed by atoms with Gasteiger partial charge in [-0.3, -0.25) is 4.79 Å². The van der Waals surface area contributed by atoms with Gasteiger partial charge in [-0.1, -0.05) is 194 Å². The van der Waals surface area contributed by atoms with Crippen LogP contribution in [-0.4, -0.2) is 34.9 Å². The lowest BCUT2D eigenvalue weighted by Crippen LogP contribution is -2.45. The molecule has 3 N–H and O–H groups in total. The second-order valence-electron chi connectivity index (χ2n) is 14.7. The standard InChI is InChI=1S/C51H85NO3/c1-3-5-7-9-11-13-15-17-19-21-23-25-27-28-30-32-34-36-38-40-42-44-46-50(54)49(48-53)52-51(55)47-45-43-41-39-37-35-33-31-29-26-24-22-20-18-16-14-12-10-8-6-4-2/h6,8,12,14,18,20,24,26,28,30-31,33,36-39,44,46,49-50,53-54H,3-5,7,9-11,13,15-17,19,21-23,25,27,29,32,34-35,40-43,45,47-48H2,1-2H3,(H,52,55)/b8-6-,14-12-,20-18-,26-24-,30-28+,33-31-,38-36+,39-37-,46-44+. The largest absolute Gasteiger partial charge is 0.394 e. The van der Waals surface area contributed by atoms with Gasteiger partial charge in [0.15, 0.2) is 0 Å². The highest BCUT2D eigenvalue weighted by atomic mass is 16.3. The Balaban J connectivity index is 3.78. The highest BCUT2D eigenvalue weighted by Gasteiger charge is 2.17. The van der Waals surface area contributed by atoms with Gasteiger partial charge in [0, 0.05) is 6.42 Å². The van der Waals surface area contributed by atoms with E-state index in [2.05, 4.69) is 116 Å². The summed E-state index contributed by atoms with van der Waals surface area (Å²) in [6, 6.07) is -0.677. The molecule has 312 valence electrons. The first-order chi connectivity index (χ1) is 27.2. The normalized spacial score (nSPS) is 14.0. The van der Waals surface area contributed by atoms with E-state index in [-0.39, 0.29) is 12.5 Å². The number of aliphatic hydroxyl groups excluding tert-OH is 2. The topological polar surface area (TPSA) is 69.6 Å². The summed E-state index contributed by atoms with van der Waals surface area (Å²) in [7, 11) is 0. The Labute approximate surface area is 340 Å². The molecule has 0 saturated heterocycles. The van der Waals surface area contributed by atoms with E-state index in [1.165, 1.54) is 83.5 Å². The number of allylic oxidation sites excluding steroid dienone is 17. The lowest BCUT2D eigenvalue weighted by molar-refractivity contribution is -0.123. The first-order valence-corrected chi connectivity index (χ1v) is 22.6. The smallest absolute Gasteiger partial charge is 0.220 e. The van der Waals surface area contributed by atoms with Crippen LogP contribution >= 0.6 is 0 Å². The number of hydrogen-bond acceptors (Lipinski definition) is 3. The Hall–Kier alpha value is -2.95. The molecule has 0 saturated carbocycles. The summed E-state index contributed by atoms with van der Waals surface area (Å²) < 4.78 is 0. The SMILES string of the molecule is CC/C=C\C/C=C\C/C=C\C/C=C\C/C=C\C/C=C\CCCCC(=O)NC(CO)C(O)/C=C/CC/C=C/CC/C=C/CCCCCCCCCCCCCC. The lowest BCUT2D eigenvalue weighted by atomic mass is 10.0. The maximum absolute atomic E-state index is 12.4. The van der Waals surface area contributed by atoms with E-state index < -0.39 is 12.1 Å². The molecule has 0 aromatic heterocycles. The molecule has 0 aromatic rings. The van der Waals surface area contributed by atoms with Gasteiger partial charge in [0.05, 0.1) is 18.8 Å². The first kappa shape index (κ1) is 52.1. The molecule has 0 aliphatic heterocycles. The van der Waals surface area contributed by atoms with Gasteiger partial charge in [0.1, 0.15) is 0 Å². The number of carbonyl (C=O) groups excluding carboxylic acids is 1. The van der Waals surface area contributed by atoms with Crippen LogP contribution in [0.3, 0.4) is 0 Å². The predicted molar refractivity (Wildman–Crippen MR) is 243 cm³/mol. The average molecular weight is 760 g/mol. The summed E-state index contributed by atoms with van der Waals surface area (Å²) in [5.74, 6) is -0.125. The molecular formula is C51H85NO3. The number of rotatable bonds is 39. The van der Waals surface area contributed by atoms with Gasteiger partial charge in [-0.05, 0) is 96.3 Å². The molecule has 4 heteroatoms. The molecule has 0 fully saturated rings. The van der Waals surface area contributed by atoms with Gasteiger partial charge in [-0.15, -0.1) is 0 Å². The van der Waals surface area contributed by atoms with Crippen molar-refractivity contribution in [2.24, 2.45) is 0 Å². The van der Waals surface area contributed by atoms with Gasteiger partial charge in [0.25, 0.3) is 0 Å². The Kier molecular flexibility index (Phi) is 43.0. The van der Waals surface area contributed by atoms with Crippen LogP contribution in [0.4, 0.5) is 0 Å². The van der Waals surface area contributed by atoms with Crippen LogP contribution in [0, 0.1) is 0 Å². The van der Waals surface area contributed by atoms with Crippen molar-refractivity contribution in [2.75, 3.05) is 6.61 Å². The van der Waals surface area contributed by atoms with E-state index in [1.54, 1.807) is 6.08 Å². The van der Waals surface area contributed by atoms with Gasteiger partial charge >= 0.3 is 0 Å². The molecule has 0 aromatic carbocycles. The van der Waals surface area contributed by atoms with E-state index in [0.717, 1.165) is 83.5 Å². The Morgan fingerprint density at radius 3 is 1.27 bits per heavy atom. The summed E-state index contributed by atoms with van der Waals surface area (Å²) in [4.78, 5) is 12.4. The lowest BCUT2D eigenvalue weighted by Gasteiger charge is -2.19. The van der Waals surface area contributed by atoms with Gasteiger partial charge in [-0.2, -0.15) is 0 Å². The van der Waals surface area contributed by atoms with Crippen LogP contribution in [0.25, 0.3) is 0 Å². The van der Waals surface area contributed by atoms with Crippen molar-refractivity contribution in [3.63, 3.8) is 0 Å². The summed E-state index contributed by atoms with van der Waals surface area (Å²) >= 11 is 0. The molecule has 2 unspecified atom stereocenters. The summed E-state index contributed by atoms with van der Waals surface area (Å²) in [6.07, 6.45) is 69.1. The molecule has 4 nitrogen and oxygen atoms in total. The van der Waals surface area contributed by atoms with Crippen molar-refractivity contribution in [3.8, 4) is 0 Å². The zero-order valence-electron chi connectivity index (χ0n) is 35.6. The van der Waals surface area contributed by atoms with Crippen LogP contribution in [0.2, 0.25) is 0 Å². The average Bonchev–Trinajstić information content (AvgIpc) is 3.19. The van der Waals surface area contributed by atoms with E-state index in [1.807, 2.05) is 6.08 Å². The minimum atomic E-state index is -0.896. The molecule has 2 atom stereocenters. The predicted octanol–water partition coefficient (Wildman–Crippen LogP) is 14.4. The van der Waals surface area contributed by atoms with Crippen molar-refractivity contribution in [2.45, 2.75) is 199 Å². The molecule has 0 aliphatic rings. The van der Waals surface area contributed by atoms with Crippen molar-refractivity contribution in [3.05, 3.63) is 109 Å². The third-order valence-corrected chi connectivity index (χ3v) is 9.47. The Morgan fingerprint density at radius 1 is 0.455 bits per heavy atom. The quantitative estimate of drug-likeness (QED) is 0.0432. The third-order valence-electron chi connectivity index (χ3n) is 9.47. The van der Waals surface area contributed by atoms with E-state index >= 15 is 0 Å². The van der Waals surface area contributed by atoms with Crippen LogP contribution < -0.4 is 5.32 Å². The molecule has 0 spiro atoms. The van der Waals surface area contributed by atoms with E-state index in [4.69, 9.17) is 0 Å². The number of unbranched alkanes of at least 4 members (excludes halogenated alkanes) is 16. The zero-order valence-corrected chi connectivity index (χ0v) is 35.6. The molecule has 55 heavy (non-hydrogen) atoms. The monoisotopic (exact) mass is 760 g/mol. The number of amides is 1. The fourth-order valence-electron chi connectivity index (χ4n) is 6.03. The molecule has 0 heterocycles. The minimum absolute atomic E-state index is 0.125. The number of aliphatic hydroxyl groups is 2. The van der Waals surface area contributed by atoms with Crippen molar-refractivity contribution >= 4 is 5.91 Å². The highest BCUT2D eigenvalue weighted by Crippen LogP contribution is 2.13. The molecule has 0 bridgehead atoms. The number of hydrogen-bond donors (Lipinski definition) is 3. The highest BCUT2D eigenvalue weighted by molar-refractivity contribution is 5.76. The molecule has 0 rings (SSSR count). The minimum Gasteiger partial charge on any atom is -0.394 e. The van der Waals surface area contributed by atoms with Crippen LogP contribution in [0.15, 0.2) is 109 Å². The van der Waals surface area contributed by atoms with Crippen molar-refractivity contribution < 1.29 is 15.0 Å². The molecule has 0 radical (unpaired) electrons. The van der Waals surface area contributed by atoms with Gasteiger partial charge in [0.2, 0.25) is 5.91 Å². The van der Waals surface area contributed by atoms with Crippen LogP contribution in [0.5, 0.6) is 0 Å². The summed E-state index contributed by atoms with van der Waals surface area (Å²) in [6.45, 7) is 4.15. The Morgan fingerprint density at radius 2 is 0.818 bits per heavy atom. The number of carbonyl (C=O) groups is 1.